The summed E-state index contributed by atoms with van der Waals surface area (Å²) in [4.78, 5) is 0. The van der Waals surface area contributed by atoms with E-state index in [1.165, 1.54) is 16.4 Å². The molecule has 70 valence electrons. The molecule has 0 aliphatic rings. The monoisotopic (exact) mass is 220 g/mol. The second-order valence-electron chi connectivity index (χ2n) is 3.04. The summed E-state index contributed by atoms with van der Waals surface area (Å²) >= 11 is 5.75. The van der Waals surface area contributed by atoms with Gasteiger partial charge in [-0.15, -0.1) is 0 Å². The van der Waals surface area contributed by atoms with Crippen LogP contribution in [0.2, 0.25) is 0 Å². The van der Waals surface area contributed by atoms with Gasteiger partial charge in [-0.2, -0.15) is 0 Å². The zero-order valence-corrected chi connectivity index (χ0v) is 9.33. The van der Waals surface area contributed by atoms with E-state index < -0.39 is 0 Å². The molecule has 2 aromatic carbocycles. The predicted molar refractivity (Wildman–Crippen MR) is 65.7 cm³/mol. The smallest absolute Gasteiger partial charge is 0.00659 e. The van der Waals surface area contributed by atoms with Gasteiger partial charge in [0.1, 0.15) is 0 Å². The Morgan fingerprint density at radius 3 is 1.86 bits per heavy atom. The third-order valence-electron chi connectivity index (χ3n) is 2.10. The molecule has 14 heavy (non-hydrogen) atoms. The van der Waals surface area contributed by atoms with Crippen LogP contribution in [0.15, 0.2) is 54.6 Å². The highest BCUT2D eigenvalue weighted by Crippen LogP contribution is 2.20. The second kappa shape index (κ2) is 4.59. The zero-order chi connectivity index (χ0) is 9.80. The Bertz CT molecular complexity index is 394. The Balaban J connectivity index is 2.34. The maximum atomic E-state index is 5.75. The Hall–Kier alpha value is -0.840. The Kier molecular flexibility index (Phi) is 3.18. The van der Waals surface area contributed by atoms with Crippen molar-refractivity contribution in [2.75, 3.05) is 0 Å². The van der Waals surface area contributed by atoms with Gasteiger partial charge in [-0.05, 0) is 16.4 Å². The van der Waals surface area contributed by atoms with Gasteiger partial charge < -0.3 is 0 Å². The SMILES string of the molecule is ClPc1ccc(-c2ccccc2)cc1. The van der Waals surface area contributed by atoms with Crippen LogP contribution in [0, 0.1) is 0 Å². The minimum absolute atomic E-state index is 0.356. The lowest BCUT2D eigenvalue weighted by Gasteiger charge is -2.01. The number of hydrogen-bond donors (Lipinski definition) is 0. The summed E-state index contributed by atoms with van der Waals surface area (Å²) in [7, 11) is 0.356. The highest BCUT2D eigenvalue weighted by Gasteiger charge is 1.95. The molecule has 0 spiro atoms. The minimum atomic E-state index is 0.356. The molecule has 0 radical (unpaired) electrons. The first-order valence-corrected chi connectivity index (χ1v) is 6.43. The molecule has 1 unspecified atom stereocenters. The molecule has 0 aromatic heterocycles. The fourth-order valence-corrected chi connectivity index (χ4v) is 2.03. The van der Waals surface area contributed by atoms with E-state index in [0.717, 1.165) is 0 Å². The summed E-state index contributed by atoms with van der Waals surface area (Å²) in [6.45, 7) is 0. The predicted octanol–water partition coefficient (Wildman–Crippen LogP) is 3.81. The van der Waals surface area contributed by atoms with Crippen LogP contribution in [-0.4, -0.2) is 0 Å². The minimum Gasteiger partial charge on any atom is -0.0948 e. The van der Waals surface area contributed by atoms with Gasteiger partial charge in [0.05, 0.1) is 0 Å². The summed E-state index contributed by atoms with van der Waals surface area (Å²) in [5, 5.41) is 1.19. The van der Waals surface area contributed by atoms with Crippen molar-refractivity contribution in [2.24, 2.45) is 0 Å². The van der Waals surface area contributed by atoms with E-state index in [1.54, 1.807) is 0 Å². The topological polar surface area (TPSA) is 0 Å². The van der Waals surface area contributed by atoms with Crippen molar-refractivity contribution in [1.82, 2.24) is 0 Å². The van der Waals surface area contributed by atoms with Gasteiger partial charge in [-0.25, -0.2) is 0 Å². The van der Waals surface area contributed by atoms with Crippen LogP contribution in [0.3, 0.4) is 0 Å². The van der Waals surface area contributed by atoms with Crippen molar-refractivity contribution in [1.29, 1.82) is 0 Å². The van der Waals surface area contributed by atoms with Gasteiger partial charge in [0.25, 0.3) is 0 Å². The Morgan fingerprint density at radius 2 is 1.29 bits per heavy atom. The molecular formula is C12H10ClP. The molecular weight excluding hydrogens is 211 g/mol. The van der Waals surface area contributed by atoms with Crippen molar-refractivity contribution in [2.45, 2.75) is 0 Å². The maximum Gasteiger partial charge on any atom is 0.00659 e. The molecule has 2 rings (SSSR count). The number of hydrogen-bond acceptors (Lipinski definition) is 0. The van der Waals surface area contributed by atoms with E-state index in [4.69, 9.17) is 11.2 Å². The van der Waals surface area contributed by atoms with Gasteiger partial charge in [0.2, 0.25) is 0 Å². The van der Waals surface area contributed by atoms with E-state index in [9.17, 15) is 0 Å². The van der Waals surface area contributed by atoms with Crippen LogP contribution in [0.5, 0.6) is 0 Å². The molecule has 0 N–H and O–H groups in total. The quantitative estimate of drug-likeness (QED) is 0.675. The lowest BCUT2D eigenvalue weighted by molar-refractivity contribution is 1.64. The molecule has 0 nitrogen and oxygen atoms in total. The van der Waals surface area contributed by atoms with Crippen LogP contribution in [0.25, 0.3) is 11.1 Å². The molecule has 2 heteroatoms. The molecule has 0 bridgehead atoms. The third kappa shape index (κ3) is 2.15. The Labute approximate surface area is 90.5 Å². The highest BCUT2D eigenvalue weighted by atomic mass is 35.7. The van der Waals surface area contributed by atoms with Crippen LogP contribution in [-0.2, 0) is 0 Å². The first kappa shape index (κ1) is 9.71. The largest absolute Gasteiger partial charge is 0.0948 e. The molecule has 0 aliphatic heterocycles. The van der Waals surface area contributed by atoms with Gasteiger partial charge in [-0.3, -0.25) is 0 Å². The van der Waals surface area contributed by atoms with Crippen LogP contribution >= 0.6 is 19.2 Å². The lowest BCUT2D eigenvalue weighted by atomic mass is 10.1. The third-order valence-corrected chi connectivity index (χ3v) is 3.31. The molecule has 0 aliphatic carbocycles. The molecule has 0 saturated carbocycles. The number of benzene rings is 2. The second-order valence-corrected chi connectivity index (χ2v) is 4.37. The standard InChI is InChI=1S/C12H10ClP/c13-14-12-8-6-11(7-9-12)10-4-2-1-3-5-10/h1-9,14H. The van der Waals surface area contributed by atoms with Crippen LogP contribution in [0.1, 0.15) is 0 Å². The summed E-state index contributed by atoms with van der Waals surface area (Å²) in [6.07, 6.45) is 0. The van der Waals surface area contributed by atoms with Crippen molar-refractivity contribution < 1.29 is 0 Å². The van der Waals surface area contributed by atoms with Gasteiger partial charge in [0.15, 0.2) is 0 Å². The van der Waals surface area contributed by atoms with E-state index in [-0.39, 0.29) is 0 Å². The average molecular weight is 221 g/mol. The lowest BCUT2D eigenvalue weighted by Crippen LogP contribution is -1.89. The van der Waals surface area contributed by atoms with E-state index >= 15 is 0 Å². The fourth-order valence-electron chi connectivity index (χ4n) is 1.36. The van der Waals surface area contributed by atoms with Crippen LogP contribution < -0.4 is 5.30 Å². The van der Waals surface area contributed by atoms with Crippen molar-refractivity contribution in [3.05, 3.63) is 54.6 Å². The molecule has 0 saturated heterocycles. The van der Waals surface area contributed by atoms with E-state index in [0.29, 0.717) is 7.93 Å². The average Bonchev–Trinajstić information content (AvgIpc) is 2.30. The molecule has 0 fully saturated rings. The summed E-state index contributed by atoms with van der Waals surface area (Å²) in [5.74, 6) is 0. The normalized spacial score (nSPS) is 10.9. The van der Waals surface area contributed by atoms with Crippen LogP contribution in [0.4, 0.5) is 0 Å². The van der Waals surface area contributed by atoms with Gasteiger partial charge in [0, 0.05) is 7.93 Å². The molecule has 0 heterocycles. The number of rotatable bonds is 2. The molecule has 0 amide bonds. The van der Waals surface area contributed by atoms with Crippen molar-refractivity contribution >= 4 is 24.5 Å². The first-order chi connectivity index (χ1) is 6.90. The summed E-state index contributed by atoms with van der Waals surface area (Å²) in [6, 6.07) is 18.7. The van der Waals surface area contributed by atoms with Crippen molar-refractivity contribution in [3.8, 4) is 11.1 Å². The first-order valence-electron chi connectivity index (χ1n) is 4.42. The summed E-state index contributed by atoms with van der Waals surface area (Å²) in [5.41, 5.74) is 2.49. The van der Waals surface area contributed by atoms with Gasteiger partial charge >= 0.3 is 0 Å². The number of halogens is 1. The van der Waals surface area contributed by atoms with E-state index in [1.807, 2.05) is 18.2 Å². The van der Waals surface area contributed by atoms with Gasteiger partial charge in [-0.1, -0.05) is 65.8 Å². The Morgan fingerprint density at radius 1 is 0.714 bits per heavy atom. The van der Waals surface area contributed by atoms with E-state index in [2.05, 4.69) is 36.4 Å². The molecule has 2 aromatic rings. The maximum absolute atomic E-state index is 5.75. The zero-order valence-electron chi connectivity index (χ0n) is 7.57. The molecule has 1 atom stereocenters. The van der Waals surface area contributed by atoms with Crippen molar-refractivity contribution in [3.63, 3.8) is 0 Å². The highest BCUT2D eigenvalue weighted by molar-refractivity contribution is 7.74. The summed E-state index contributed by atoms with van der Waals surface area (Å²) < 4.78 is 0. The fraction of sp³-hybridized carbons (Fsp3) is 0.